The zero-order valence-electron chi connectivity index (χ0n) is 15.4. The van der Waals surface area contributed by atoms with Crippen LogP contribution in [0.1, 0.15) is 12.6 Å². The molecule has 27 heavy (non-hydrogen) atoms. The number of nitrogens with one attached hydrogen (secondary N) is 1. The molecule has 0 aliphatic carbocycles. The van der Waals surface area contributed by atoms with E-state index in [9.17, 15) is 0 Å². The van der Waals surface area contributed by atoms with Crippen LogP contribution < -0.4 is 10.2 Å². The molecule has 1 aliphatic rings. The first-order valence-electron chi connectivity index (χ1n) is 9.08. The van der Waals surface area contributed by atoms with E-state index < -0.39 is 0 Å². The lowest BCUT2D eigenvalue weighted by Crippen LogP contribution is -2.52. The normalized spacial score (nSPS) is 15.1. The van der Waals surface area contributed by atoms with Gasteiger partial charge in [-0.25, -0.2) is 9.98 Å². The summed E-state index contributed by atoms with van der Waals surface area (Å²) in [4.78, 5) is 15.3. The van der Waals surface area contributed by atoms with Gasteiger partial charge in [0, 0.05) is 56.2 Å². The monoisotopic (exact) mass is 496 g/mol. The molecule has 2 aromatic heterocycles. The highest BCUT2D eigenvalue weighted by Gasteiger charge is 2.19. The second-order valence-electron chi connectivity index (χ2n) is 6.30. The van der Waals surface area contributed by atoms with Gasteiger partial charge in [0.2, 0.25) is 0 Å². The number of guanidine groups is 1. The molecule has 3 aromatic rings. The number of halogens is 1. The number of aromatic nitrogens is 2. The summed E-state index contributed by atoms with van der Waals surface area (Å²) in [6.45, 7) is 7.55. The van der Waals surface area contributed by atoms with Crippen molar-refractivity contribution < 1.29 is 0 Å². The number of thiazole rings is 1. The molecule has 6 nitrogen and oxygen atoms in total. The fourth-order valence-electron chi connectivity index (χ4n) is 3.25. The Hall–Kier alpha value is -1.81. The van der Waals surface area contributed by atoms with E-state index in [2.05, 4.69) is 68.0 Å². The molecule has 4 rings (SSSR count). The molecule has 1 N–H and O–H groups in total. The van der Waals surface area contributed by atoms with Gasteiger partial charge in [-0.3, -0.25) is 4.40 Å². The predicted molar refractivity (Wildman–Crippen MR) is 124 cm³/mol. The minimum Gasteiger partial charge on any atom is -0.368 e. The van der Waals surface area contributed by atoms with E-state index in [0.29, 0.717) is 6.54 Å². The van der Waals surface area contributed by atoms with Crippen molar-refractivity contribution in [2.24, 2.45) is 4.99 Å². The van der Waals surface area contributed by atoms with E-state index in [1.165, 1.54) is 5.69 Å². The van der Waals surface area contributed by atoms with E-state index >= 15 is 0 Å². The van der Waals surface area contributed by atoms with Gasteiger partial charge in [0.25, 0.3) is 0 Å². The summed E-state index contributed by atoms with van der Waals surface area (Å²) < 4.78 is 2.06. The summed E-state index contributed by atoms with van der Waals surface area (Å²) in [6, 6.07) is 10.6. The number of imidazole rings is 1. The Bertz CT molecular complexity index is 838. The number of hydrogen-bond acceptors (Lipinski definition) is 4. The minimum absolute atomic E-state index is 0. The van der Waals surface area contributed by atoms with E-state index in [1.54, 1.807) is 11.3 Å². The quantitative estimate of drug-likeness (QED) is 0.342. The summed E-state index contributed by atoms with van der Waals surface area (Å²) in [6.07, 6.45) is 4.10. The smallest absolute Gasteiger partial charge is 0.194 e. The maximum atomic E-state index is 4.82. The zero-order valence-corrected chi connectivity index (χ0v) is 18.6. The van der Waals surface area contributed by atoms with Gasteiger partial charge in [-0.05, 0) is 19.1 Å². The first kappa shape index (κ1) is 19.9. The number of piperazine rings is 1. The van der Waals surface area contributed by atoms with Gasteiger partial charge in [-0.15, -0.1) is 35.3 Å². The van der Waals surface area contributed by atoms with Gasteiger partial charge in [-0.2, -0.15) is 0 Å². The van der Waals surface area contributed by atoms with Gasteiger partial charge >= 0.3 is 0 Å². The highest BCUT2D eigenvalue weighted by molar-refractivity contribution is 14.0. The van der Waals surface area contributed by atoms with Crippen LogP contribution in [0.15, 0.2) is 53.1 Å². The molecule has 1 fully saturated rings. The third-order valence-corrected chi connectivity index (χ3v) is 5.34. The Morgan fingerprint density at radius 2 is 1.96 bits per heavy atom. The number of benzene rings is 1. The van der Waals surface area contributed by atoms with Crippen LogP contribution >= 0.6 is 35.3 Å². The predicted octanol–water partition coefficient (Wildman–Crippen LogP) is 3.30. The molecule has 144 valence electrons. The first-order chi connectivity index (χ1) is 12.8. The fourth-order valence-corrected chi connectivity index (χ4v) is 3.97. The van der Waals surface area contributed by atoms with Crippen LogP contribution in [0.4, 0.5) is 5.69 Å². The minimum atomic E-state index is 0. The average molecular weight is 496 g/mol. The van der Waals surface area contributed by atoms with Gasteiger partial charge in [0.15, 0.2) is 10.9 Å². The number of anilines is 1. The lowest BCUT2D eigenvalue weighted by Gasteiger charge is -2.37. The van der Waals surface area contributed by atoms with Gasteiger partial charge in [0.05, 0.1) is 12.2 Å². The van der Waals surface area contributed by atoms with Crippen LogP contribution in [0.25, 0.3) is 4.96 Å². The molecule has 0 radical (unpaired) electrons. The van der Waals surface area contributed by atoms with Crippen LogP contribution in [0.3, 0.4) is 0 Å². The maximum absolute atomic E-state index is 4.82. The Morgan fingerprint density at radius 1 is 1.19 bits per heavy atom. The average Bonchev–Trinajstić information content (AvgIpc) is 3.28. The number of para-hydroxylation sites is 1. The molecule has 0 saturated carbocycles. The summed E-state index contributed by atoms with van der Waals surface area (Å²) in [7, 11) is 0. The van der Waals surface area contributed by atoms with Crippen LogP contribution in [0, 0.1) is 0 Å². The molecule has 1 saturated heterocycles. The SMILES string of the molecule is CCNC(=NCc1cn2ccsc2n1)N1CCN(c2ccccc2)CC1.I. The molecular weight excluding hydrogens is 471 g/mol. The second kappa shape index (κ2) is 9.41. The molecule has 0 spiro atoms. The Morgan fingerprint density at radius 3 is 2.67 bits per heavy atom. The second-order valence-corrected chi connectivity index (χ2v) is 7.18. The highest BCUT2D eigenvalue weighted by atomic mass is 127. The molecule has 1 aromatic carbocycles. The molecule has 0 amide bonds. The summed E-state index contributed by atoms with van der Waals surface area (Å²) >= 11 is 1.65. The number of rotatable bonds is 4. The Labute approximate surface area is 180 Å². The number of aliphatic imine (C=N–C) groups is 1. The van der Waals surface area contributed by atoms with Crippen LogP contribution in [0.2, 0.25) is 0 Å². The largest absolute Gasteiger partial charge is 0.368 e. The number of fused-ring (bicyclic) bond motifs is 1. The lowest BCUT2D eigenvalue weighted by molar-refractivity contribution is 0.372. The van der Waals surface area contributed by atoms with E-state index in [0.717, 1.165) is 49.3 Å². The molecule has 0 unspecified atom stereocenters. The van der Waals surface area contributed by atoms with Crippen molar-refractivity contribution >= 4 is 51.9 Å². The van der Waals surface area contributed by atoms with Gasteiger partial charge in [-0.1, -0.05) is 18.2 Å². The molecule has 3 heterocycles. The highest BCUT2D eigenvalue weighted by Crippen LogP contribution is 2.16. The number of nitrogens with zero attached hydrogens (tertiary/aromatic N) is 5. The number of hydrogen-bond donors (Lipinski definition) is 1. The van der Waals surface area contributed by atoms with E-state index in [4.69, 9.17) is 4.99 Å². The summed E-state index contributed by atoms with van der Waals surface area (Å²) in [5.74, 6) is 0.983. The van der Waals surface area contributed by atoms with E-state index in [1.807, 2.05) is 11.6 Å². The van der Waals surface area contributed by atoms with E-state index in [-0.39, 0.29) is 24.0 Å². The molecule has 8 heteroatoms. The first-order valence-corrected chi connectivity index (χ1v) is 9.96. The molecule has 0 atom stereocenters. The van der Waals surface area contributed by atoms with Crippen molar-refractivity contribution in [3.63, 3.8) is 0 Å². The van der Waals surface area contributed by atoms with Crippen molar-refractivity contribution in [1.82, 2.24) is 19.6 Å². The molecule has 1 aliphatic heterocycles. The van der Waals surface area contributed by atoms with Gasteiger partial charge < -0.3 is 15.1 Å². The third-order valence-electron chi connectivity index (χ3n) is 4.57. The zero-order chi connectivity index (χ0) is 17.8. The van der Waals surface area contributed by atoms with Crippen molar-refractivity contribution in [3.8, 4) is 0 Å². The van der Waals surface area contributed by atoms with Crippen molar-refractivity contribution in [3.05, 3.63) is 53.8 Å². The Kier molecular flexibility index (Phi) is 6.95. The topological polar surface area (TPSA) is 48.2 Å². The van der Waals surface area contributed by atoms with Crippen LogP contribution in [0.5, 0.6) is 0 Å². The molecule has 0 bridgehead atoms. The standard InChI is InChI=1S/C19H24N6S.HI/c1-2-20-18(21-14-16-15-25-12-13-26-19(25)22-16)24-10-8-23(9-11-24)17-6-4-3-5-7-17;/h3-7,12-13,15H,2,8-11,14H2,1H3,(H,20,21);1H. The van der Waals surface area contributed by atoms with Crippen LogP contribution in [-0.2, 0) is 6.54 Å². The third kappa shape index (κ3) is 4.73. The van der Waals surface area contributed by atoms with Gasteiger partial charge in [0.1, 0.15) is 0 Å². The molecular formula is C19H25IN6S. The van der Waals surface area contributed by atoms with Crippen molar-refractivity contribution in [2.45, 2.75) is 13.5 Å². The summed E-state index contributed by atoms with van der Waals surface area (Å²) in [5, 5.41) is 5.48. The fraction of sp³-hybridized carbons (Fsp3) is 0.368. The van der Waals surface area contributed by atoms with Crippen molar-refractivity contribution in [1.29, 1.82) is 0 Å². The summed E-state index contributed by atoms with van der Waals surface area (Å²) in [5.41, 5.74) is 2.31. The van der Waals surface area contributed by atoms with Crippen LogP contribution in [-0.4, -0.2) is 53.0 Å². The van der Waals surface area contributed by atoms with Crippen molar-refractivity contribution in [2.75, 3.05) is 37.6 Å². The maximum Gasteiger partial charge on any atom is 0.194 e. The lowest BCUT2D eigenvalue weighted by atomic mass is 10.2. The Balaban J connectivity index is 0.00000210.